The van der Waals surface area contributed by atoms with Crippen molar-refractivity contribution < 1.29 is 38.3 Å². The Hall–Kier alpha value is -5.53. The molecule has 0 aromatic heterocycles. The Kier molecular flexibility index (Phi) is 20.4. The number of hydrogen-bond acceptors (Lipinski definition) is 8. The van der Waals surface area contributed by atoms with Crippen LogP contribution in [0.2, 0.25) is 0 Å². The number of nitrogens with one attached hydrogen (secondary N) is 4. The zero-order valence-corrected chi connectivity index (χ0v) is 31.0. The lowest BCUT2D eigenvalue weighted by atomic mass is 10.0. The monoisotopic (exact) mass is 722 g/mol. The van der Waals surface area contributed by atoms with Gasteiger partial charge in [0, 0.05) is 19.5 Å². The van der Waals surface area contributed by atoms with Gasteiger partial charge in [-0.05, 0) is 46.5 Å². The maximum Gasteiger partial charge on any atom is 0.329 e. The molecule has 6 amide bonds. The highest BCUT2D eigenvalue weighted by atomic mass is 16.5. The molecule has 1 saturated heterocycles. The van der Waals surface area contributed by atoms with Crippen LogP contribution >= 0.6 is 0 Å². The largest absolute Gasteiger partial charge is 0.458 e. The molecular formula is C38H54N6O8. The summed E-state index contributed by atoms with van der Waals surface area (Å²) in [5.41, 5.74) is 5.29. The molecule has 0 bridgehead atoms. The Labute approximate surface area is 306 Å². The summed E-state index contributed by atoms with van der Waals surface area (Å²) in [6.45, 7) is 9.80. The molecule has 14 heteroatoms. The molecule has 1 rings (SSSR count). The fourth-order valence-electron chi connectivity index (χ4n) is 4.75. The molecule has 1 aliphatic rings. The van der Waals surface area contributed by atoms with Gasteiger partial charge < -0.3 is 36.6 Å². The SMILES string of the molecule is C/C=C/C=C/C=C/C=C/C=C/C=C/C=C/C(=O)N(C)[C@@H]1C(=O)N[C@H](C)C(=O)N[C@@H](CC(C)C)C(=O)N[C@@H](C)C(=O)N[C@@H](CCC(N)=O)C(=O)O[C@@H]1C. The van der Waals surface area contributed by atoms with E-state index in [1.165, 1.54) is 40.0 Å². The van der Waals surface area contributed by atoms with Gasteiger partial charge in [-0.3, -0.25) is 28.8 Å². The molecule has 1 fully saturated rings. The number of allylic oxidation sites excluding steroid dienone is 13. The number of nitrogens with zero attached hydrogens (tertiary/aromatic N) is 1. The average molecular weight is 723 g/mol. The summed E-state index contributed by atoms with van der Waals surface area (Å²) in [5, 5.41) is 10.2. The van der Waals surface area contributed by atoms with Crippen LogP contribution in [-0.2, 0) is 38.3 Å². The number of rotatable bonds is 13. The maximum absolute atomic E-state index is 13.7. The van der Waals surface area contributed by atoms with E-state index in [0.717, 1.165) is 4.90 Å². The highest BCUT2D eigenvalue weighted by Gasteiger charge is 2.38. The molecule has 0 saturated carbocycles. The van der Waals surface area contributed by atoms with Crippen molar-refractivity contribution in [2.75, 3.05) is 7.05 Å². The molecule has 1 heterocycles. The Morgan fingerprint density at radius 1 is 0.712 bits per heavy atom. The number of cyclic esters (lactones) is 1. The van der Waals surface area contributed by atoms with Gasteiger partial charge in [-0.2, -0.15) is 0 Å². The van der Waals surface area contributed by atoms with Crippen LogP contribution in [0.4, 0.5) is 0 Å². The van der Waals surface area contributed by atoms with Gasteiger partial charge >= 0.3 is 5.97 Å². The van der Waals surface area contributed by atoms with Crippen molar-refractivity contribution in [2.24, 2.45) is 11.7 Å². The van der Waals surface area contributed by atoms with Crippen LogP contribution in [0.1, 0.15) is 60.8 Å². The van der Waals surface area contributed by atoms with E-state index in [0.29, 0.717) is 0 Å². The van der Waals surface area contributed by atoms with Crippen molar-refractivity contribution in [1.29, 1.82) is 0 Å². The Balaban J connectivity index is 3.34. The second kappa shape index (κ2) is 23.8. The first-order chi connectivity index (χ1) is 24.6. The number of likely N-dealkylation sites (N-methyl/N-ethyl adjacent to an activating group) is 1. The van der Waals surface area contributed by atoms with Crippen molar-refractivity contribution in [1.82, 2.24) is 26.2 Å². The molecule has 6 atom stereocenters. The Morgan fingerprint density at radius 3 is 1.65 bits per heavy atom. The lowest BCUT2D eigenvalue weighted by Gasteiger charge is -2.33. The molecule has 284 valence electrons. The summed E-state index contributed by atoms with van der Waals surface area (Å²) in [6, 6.07) is -6.20. The summed E-state index contributed by atoms with van der Waals surface area (Å²) < 4.78 is 5.59. The summed E-state index contributed by atoms with van der Waals surface area (Å²) in [7, 11) is 1.33. The number of amides is 6. The van der Waals surface area contributed by atoms with E-state index < -0.39 is 77.7 Å². The molecular weight excluding hydrogens is 668 g/mol. The molecule has 0 spiro atoms. The van der Waals surface area contributed by atoms with E-state index in [-0.39, 0.29) is 25.2 Å². The number of nitrogens with two attached hydrogens (primary N) is 1. The minimum Gasteiger partial charge on any atom is -0.458 e. The first-order valence-corrected chi connectivity index (χ1v) is 17.2. The predicted octanol–water partition coefficient (Wildman–Crippen LogP) is 1.96. The van der Waals surface area contributed by atoms with Crippen molar-refractivity contribution in [2.45, 2.75) is 97.1 Å². The molecule has 0 unspecified atom stereocenters. The number of carbonyl (C=O) groups is 7. The van der Waals surface area contributed by atoms with Crippen molar-refractivity contribution in [3.05, 3.63) is 85.1 Å². The van der Waals surface area contributed by atoms with Crippen LogP contribution in [0.25, 0.3) is 0 Å². The summed E-state index contributed by atoms with van der Waals surface area (Å²) in [4.78, 5) is 92.3. The summed E-state index contributed by atoms with van der Waals surface area (Å²) in [6.07, 6.45) is 23.1. The fourth-order valence-corrected chi connectivity index (χ4v) is 4.75. The van der Waals surface area contributed by atoms with Crippen molar-refractivity contribution >= 4 is 41.4 Å². The van der Waals surface area contributed by atoms with Crippen LogP contribution in [0, 0.1) is 5.92 Å². The van der Waals surface area contributed by atoms with E-state index >= 15 is 0 Å². The first-order valence-electron chi connectivity index (χ1n) is 17.2. The molecule has 6 N–H and O–H groups in total. The van der Waals surface area contributed by atoms with Gasteiger partial charge in [0.05, 0.1) is 0 Å². The van der Waals surface area contributed by atoms with Crippen LogP contribution in [0.15, 0.2) is 85.1 Å². The van der Waals surface area contributed by atoms with Gasteiger partial charge in [0.1, 0.15) is 36.3 Å². The molecule has 0 aliphatic carbocycles. The second-order valence-electron chi connectivity index (χ2n) is 12.6. The van der Waals surface area contributed by atoms with Crippen LogP contribution < -0.4 is 27.0 Å². The van der Waals surface area contributed by atoms with Gasteiger partial charge in [-0.25, -0.2) is 4.79 Å². The predicted molar refractivity (Wildman–Crippen MR) is 199 cm³/mol. The van der Waals surface area contributed by atoms with Gasteiger partial charge in [0.25, 0.3) is 0 Å². The number of carbonyl (C=O) groups excluding carboxylic acids is 7. The van der Waals surface area contributed by atoms with Crippen LogP contribution in [0.5, 0.6) is 0 Å². The highest BCUT2D eigenvalue weighted by molar-refractivity contribution is 5.97. The number of primary amides is 1. The van der Waals surface area contributed by atoms with E-state index in [2.05, 4.69) is 21.3 Å². The van der Waals surface area contributed by atoms with E-state index in [1.807, 2.05) is 69.4 Å². The Bertz CT molecular complexity index is 1470. The average Bonchev–Trinajstić information content (AvgIpc) is 3.07. The number of hydrogen-bond donors (Lipinski definition) is 5. The topological polar surface area (TPSA) is 206 Å². The summed E-state index contributed by atoms with van der Waals surface area (Å²) in [5.74, 6) is -5.33. The zero-order valence-electron chi connectivity index (χ0n) is 31.0. The quantitative estimate of drug-likeness (QED) is 0.108. The third kappa shape index (κ3) is 16.9. The minimum absolute atomic E-state index is 0.0346. The van der Waals surface area contributed by atoms with Crippen LogP contribution in [-0.4, -0.2) is 89.7 Å². The smallest absolute Gasteiger partial charge is 0.329 e. The zero-order chi connectivity index (χ0) is 39.2. The maximum atomic E-state index is 13.7. The lowest BCUT2D eigenvalue weighted by Crippen LogP contribution is -2.60. The molecule has 0 aromatic rings. The van der Waals surface area contributed by atoms with E-state index in [9.17, 15) is 33.6 Å². The van der Waals surface area contributed by atoms with Crippen molar-refractivity contribution in [3.8, 4) is 0 Å². The fraction of sp³-hybridized carbons (Fsp3) is 0.447. The van der Waals surface area contributed by atoms with Gasteiger partial charge in [0.2, 0.25) is 35.4 Å². The van der Waals surface area contributed by atoms with Gasteiger partial charge in [-0.1, -0.05) is 92.8 Å². The lowest BCUT2D eigenvalue weighted by molar-refractivity contribution is -0.160. The Morgan fingerprint density at radius 2 is 1.17 bits per heavy atom. The third-order valence-electron chi connectivity index (χ3n) is 7.56. The number of esters is 1. The second-order valence-corrected chi connectivity index (χ2v) is 12.6. The normalized spacial score (nSPS) is 24.7. The standard InChI is InChI=1S/C38H54N6O8/c1-8-9-10-11-12-13-14-15-16-17-18-19-20-21-32(46)44(7)33-28(6)52-38(51)29(22-23-31(39)45)42-34(47)26(4)40-36(49)30(24-25(2)3)43-35(48)27(5)41-37(33)50/h8-21,25-30,33H,22-24H2,1-7H3,(H2,39,45)(H,40,49)(H,41,50)(H,42,47)(H,43,48)/b9-8+,11-10+,13-12+,15-14+,17-16+,19-18+,21-20+/t26-,27+,28+,29-,30-,33-/m0/s1. The molecule has 1 aliphatic heterocycles. The first kappa shape index (κ1) is 44.5. The summed E-state index contributed by atoms with van der Waals surface area (Å²) >= 11 is 0. The van der Waals surface area contributed by atoms with Crippen LogP contribution in [0.3, 0.4) is 0 Å². The molecule has 0 aromatic carbocycles. The van der Waals surface area contributed by atoms with E-state index in [1.54, 1.807) is 24.3 Å². The van der Waals surface area contributed by atoms with E-state index in [4.69, 9.17) is 10.5 Å². The highest BCUT2D eigenvalue weighted by Crippen LogP contribution is 2.13. The third-order valence-corrected chi connectivity index (χ3v) is 7.56. The minimum atomic E-state index is -1.44. The van der Waals surface area contributed by atoms with Crippen molar-refractivity contribution in [3.63, 3.8) is 0 Å². The molecule has 0 radical (unpaired) electrons. The van der Waals surface area contributed by atoms with Gasteiger partial charge in [-0.15, -0.1) is 0 Å². The van der Waals surface area contributed by atoms with Gasteiger partial charge in [0.15, 0.2) is 0 Å². The molecule has 52 heavy (non-hydrogen) atoms. The number of ether oxygens (including phenoxy) is 1. The molecule has 14 nitrogen and oxygen atoms in total.